The Morgan fingerprint density at radius 2 is 1.80 bits per heavy atom. The molecule has 0 radical (unpaired) electrons. The molecular weight excluding hydrogens is 453 g/mol. The number of benzene rings is 2. The summed E-state index contributed by atoms with van der Waals surface area (Å²) >= 11 is 0. The van der Waals surface area contributed by atoms with Gasteiger partial charge >= 0.3 is 0 Å². The highest BCUT2D eigenvalue weighted by Gasteiger charge is 2.54. The van der Waals surface area contributed by atoms with E-state index in [1.165, 1.54) is 30.2 Å². The van der Waals surface area contributed by atoms with Crippen LogP contribution in [0.5, 0.6) is 5.75 Å². The van der Waals surface area contributed by atoms with Gasteiger partial charge in [-0.3, -0.25) is 19.3 Å². The lowest BCUT2D eigenvalue weighted by molar-refractivity contribution is -0.128. The van der Waals surface area contributed by atoms with Gasteiger partial charge < -0.3 is 19.7 Å². The first-order valence-electron chi connectivity index (χ1n) is 11.7. The Kier molecular flexibility index (Phi) is 7.07. The topological polar surface area (TPSA) is 88.2 Å². The van der Waals surface area contributed by atoms with Crippen LogP contribution >= 0.6 is 0 Å². The van der Waals surface area contributed by atoms with E-state index in [1.807, 2.05) is 13.8 Å². The lowest BCUT2D eigenvalue weighted by Crippen LogP contribution is -2.60. The third-order valence-electron chi connectivity index (χ3n) is 6.47. The van der Waals surface area contributed by atoms with Crippen molar-refractivity contribution in [1.29, 1.82) is 0 Å². The van der Waals surface area contributed by atoms with E-state index in [0.29, 0.717) is 24.2 Å². The molecule has 35 heavy (non-hydrogen) atoms. The van der Waals surface area contributed by atoms with E-state index in [0.717, 1.165) is 0 Å². The first-order chi connectivity index (χ1) is 16.8. The van der Waals surface area contributed by atoms with Crippen molar-refractivity contribution in [3.8, 4) is 5.75 Å². The van der Waals surface area contributed by atoms with Crippen LogP contribution in [0.3, 0.4) is 0 Å². The number of likely N-dealkylation sites (tertiary alicyclic amines) is 1. The molecule has 186 valence electrons. The number of carbonyl (C=O) groups excluding carboxylic acids is 3. The Balaban J connectivity index is 1.60. The van der Waals surface area contributed by atoms with E-state index in [1.54, 1.807) is 35.2 Å². The van der Waals surface area contributed by atoms with Crippen molar-refractivity contribution in [1.82, 2.24) is 15.1 Å². The molecule has 2 aromatic carbocycles. The van der Waals surface area contributed by atoms with Crippen molar-refractivity contribution >= 4 is 17.7 Å². The van der Waals surface area contributed by atoms with Crippen LogP contribution in [-0.2, 0) is 9.53 Å². The first-order valence-corrected chi connectivity index (χ1v) is 11.7. The fourth-order valence-electron chi connectivity index (χ4n) is 4.71. The molecule has 2 aliphatic heterocycles. The van der Waals surface area contributed by atoms with Crippen LogP contribution in [0.25, 0.3) is 0 Å². The number of piperidine rings is 1. The molecule has 0 saturated carbocycles. The van der Waals surface area contributed by atoms with Gasteiger partial charge in [0.15, 0.2) is 0 Å². The summed E-state index contributed by atoms with van der Waals surface area (Å²) < 4.78 is 25.6. The molecule has 8 nitrogen and oxygen atoms in total. The number of carbonyl (C=O) groups is 3. The van der Waals surface area contributed by atoms with Crippen molar-refractivity contribution in [2.24, 2.45) is 0 Å². The first kappa shape index (κ1) is 24.7. The van der Waals surface area contributed by atoms with Crippen molar-refractivity contribution < 1.29 is 28.2 Å². The predicted octanol–water partition coefficient (Wildman–Crippen LogP) is 2.83. The summed E-state index contributed by atoms with van der Waals surface area (Å²) in [6.45, 7) is 4.27. The molecule has 4 rings (SSSR count). The van der Waals surface area contributed by atoms with Crippen LogP contribution in [0.4, 0.5) is 4.39 Å². The predicted molar refractivity (Wildman–Crippen MR) is 126 cm³/mol. The zero-order valence-corrected chi connectivity index (χ0v) is 20.1. The Hall–Kier alpha value is -3.46. The Morgan fingerprint density at radius 3 is 2.46 bits per heavy atom. The van der Waals surface area contributed by atoms with Crippen LogP contribution in [0.15, 0.2) is 48.5 Å². The number of hydrogen-bond acceptors (Lipinski definition) is 5. The summed E-state index contributed by atoms with van der Waals surface area (Å²) in [5.41, 5.74) is -0.666. The van der Waals surface area contributed by atoms with Crippen LogP contribution in [0.1, 0.15) is 47.4 Å². The van der Waals surface area contributed by atoms with Gasteiger partial charge in [-0.25, -0.2) is 4.39 Å². The molecule has 0 bridgehead atoms. The summed E-state index contributed by atoms with van der Waals surface area (Å²) in [6, 6.07) is 11.7. The van der Waals surface area contributed by atoms with Gasteiger partial charge in [0.25, 0.3) is 11.8 Å². The van der Waals surface area contributed by atoms with E-state index in [9.17, 15) is 18.8 Å². The molecule has 3 amide bonds. The molecular formula is C26H30FN3O5. The number of methoxy groups -OCH3 is 1. The molecule has 1 unspecified atom stereocenters. The molecule has 0 aromatic heterocycles. The monoisotopic (exact) mass is 483 g/mol. The van der Waals surface area contributed by atoms with Crippen LogP contribution < -0.4 is 10.1 Å². The summed E-state index contributed by atoms with van der Waals surface area (Å²) in [5, 5.41) is 2.88. The van der Waals surface area contributed by atoms with Gasteiger partial charge in [0.1, 0.15) is 23.3 Å². The lowest BCUT2D eigenvalue weighted by atomic mass is 9.96. The van der Waals surface area contributed by atoms with Gasteiger partial charge in [-0.1, -0.05) is 18.2 Å². The average molecular weight is 484 g/mol. The molecule has 1 N–H and O–H groups in total. The van der Waals surface area contributed by atoms with Crippen molar-refractivity contribution in [3.63, 3.8) is 0 Å². The maximum Gasteiger partial charge on any atom is 0.257 e. The number of ether oxygens (including phenoxy) is 2. The number of hydrogen-bond donors (Lipinski definition) is 1. The number of halogens is 1. The second-order valence-electron chi connectivity index (χ2n) is 9.12. The highest BCUT2D eigenvalue weighted by atomic mass is 19.1. The third-order valence-corrected chi connectivity index (χ3v) is 6.47. The molecule has 9 heteroatoms. The quantitative estimate of drug-likeness (QED) is 0.707. The third kappa shape index (κ3) is 4.86. The number of nitrogens with one attached hydrogen (secondary N) is 1. The van der Waals surface area contributed by atoms with Crippen LogP contribution in [-0.4, -0.2) is 72.1 Å². The minimum atomic E-state index is -1.05. The molecule has 2 heterocycles. The summed E-state index contributed by atoms with van der Waals surface area (Å²) in [7, 11) is 1.52. The maximum absolute atomic E-state index is 14.2. The van der Waals surface area contributed by atoms with Crippen LogP contribution in [0, 0.1) is 5.82 Å². The minimum absolute atomic E-state index is 0.00860. The molecule has 2 aromatic rings. The summed E-state index contributed by atoms with van der Waals surface area (Å²) in [5.74, 6) is -1.10. The van der Waals surface area contributed by atoms with E-state index in [-0.39, 0.29) is 43.1 Å². The largest absolute Gasteiger partial charge is 0.497 e. The number of nitrogens with zero attached hydrogens (tertiary/aromatic N) is 2. The zero-order valence-electron chi connectivity index (χ0n) is 20.1. The van der Waals surface area contributed by atoms with Gasteiger partial charge in [0.2, 0.25) is 5.91 Å². The fraction of sp³-hybridized carbons (Fsp3) is 0.423. The van der Waals surface area contributed by atoms with Gasteiger partial charge in [-0.15, -0.1) is 0 Å². The number of rotatable bonds is 5. The Morgan fingerprint density at radius 1 is 1.09 bits per heavy atom. The fourth-order valence-corrected chi connectivity index (χ4v) is 4.71. The van der Waals surface area contributed by atoms with Crippen molar-refractivity contribution in [2.75, 3.05) is 26.8 Å². The van der Waals surface area contributed by atoms with E-state index in [2.05, 4.69) is 5.32 Å². The normalized spacial score (nSPS) is 19.2. The Labute approximate surface area is 204 Å². The maximum atomic E-state index is 14.2. The molecule has 2 fully saturated rings. The average Bonchev–Trinajstić information content (AvgIpc) is 3.22. The summed E-state index contributed by atoms with van der Waals surface area (Å²) in [6.07, 6.45) is 0.600. The van der Waals surface area contributed by atoms with Gasteiger partial charge in [-0.05, 0) is 44.2 Å². The Bertz CT molecular complexity index is 1110. The lowest BCUT2D eigenvalue weighted by Gasteiger charge is -2.44. The van der Waals surface area contributed by atoms with E-state index < -0.39 is 23.5 Å². The van der Waals surface area contributed by atoms with Crippen molar-refractivity contribution in [3.05, 3.63) is 65.5 Å². The van der Waals surface area contributed by atoms with E-state index in [4.69, 9.17) is 9.47 Å². The smallest absolute Gasteiger partial charge is 0.257 e. The molecule has 1 atom stereocenters. The highest BCUT2D eigenvalue weighted by Crippen LogP contribution is 2.39. The van der Waals surface area contributed by atoms with Gasteiger partial charge in [0.05, 0.1) is 19.3 Å². The summed E-state index contributed by atoms with van der Waals surface area (Å²) in [4.78, 5) is 42.8. The van der Waals surface area contributed by atoms with Crippen molar-refractivity contribution in [2.45, 2.75) is 44.5 Å². The second kappa shape index (κ2) is 10.0. The molecule has 1 spiro atoms. The van der Waals surface area contributed by atoms with E-state index >= 15 is 0 Å². The zero-order chi connectivity index (χ0) is 25.2. The van der Waals surface area contributed by atoms with Gasteiger partial charge in [0, 0.05) is 37.5 Å². The second-order valence-corrected chi connectivity index (χ2v) is 9.12. The molecule has 0 aliphatic carbocycles. The standard InChI is InChI=1S/C26H30FN3O5/c1-17(2)28-23(31)22-16-35-26(30(22)24(32)18-7-6-8-19(15-18)34-3)11-13-29(14-12-26)25(33)20-9-4-5-10-21(20)27/h4-10,15,17,22H,11-14,16H2,1-3H3,(H,28,31). The van der Waals surface area contributed by atoms with Gasteiger partial charge in [-0.2, -0.15) is 0 Å². The molecule has 2 aliphatic rings. The number of amides is 3. The molecule has 2 saturated heterocycles. The van der Waals surface area contributed by atoms with Crippen LogP contribution in [0.2, 0.25) is 0 Å². The SMILES string of the molecule is COc1cccc(C(=O)N2C(C(=O)NC(C)C)COC23CCN(C(=O)c2ccccc2F)CC3)c1. The highest BCUT2D eigenvalue weighted by molar-refractivity contribution is 5.99. The minimum Gasteiger partial charge on any atom is -0.497 e.